The number of morpholine rings is 1. The van der Waals surface area contributed by atoms with E-state index in [1.165, 1.54) is 7.05 Å². The quantitative estimate of drug-likeness (QED) is 0.406. The predicted octanol–water partition coefficient (Wildman–Crippen LogP) is 5.04. The Hall–Kier alpha value is -2.99. The Morgan fingerprint density at radius 3 is 2.09 bits per heavy atom. The zero-order chi connectivity index (χ0) is 26.1. The zero-order valence-electron chi connectivity index (χ0n) is 19.2. The second kappa shape index (κ2) is 12.6. The number of aryl methyl sites for hydroxylation is 1. The van der Waals surface area contributed by atoms with Crippen LogP contribution in [-0.4, -0.2) is 57.8 Å². The van der Waals surface area contributed by atoms with Crippen LogP contribution < -0.4 is 15.4 Å². The molecule has 1 saturated heterocycles. The average Bonchev–Trinajstić information content (AvgIpc) is 2.81. The lowest BCUT2D eigenvalue weighted by molar-refractivity contribution is -0.143. The molecule has 0 unspecified atom stereocenters. The van der Waals surface area contributed by atoms with Crippen molar-refractivity contribution < 1.29 is 40.6 Å². The number of nitrogens with one attached hydrogen (secondary N) is 2. The van der Waals surface area contributed by atoms with Gasteiger partial charge in [-0.25, -0.2) is 0 Å². The van der Waals surface area contributed by atoms with Crippen molar-refractivity contribution >= 4 is 17.8 Å². The summed E-state index contributed by atoms with van der Waals surface area (Å²) in [5.74, 6) is 0.820. The molecule has 0 bridgehead atoms. The molecule has 0 spiro atoms. The molecule has 35 heavy (non-hydrogen) atoms. The third kappa shape index (κ3) is 9.29. The number of hydrogen-bond donors (Lipinski definition) is 2. The molecule has 194 valence electrons. The summed E-state index contributed by atoms with van der Waals surface area (Å²) in [6.07, 6.45) is -8.93. The number of alkyl halides is 6. The lowest BCUT2D eigenvalue weighted by Crippen LogP contribution is -2.38. The molecule has 2 aromatic rings. The predicted molar refractivity (Wildman–Crippen MR) is 120 cm³/mol. The van der Waals surface area contributed by atoms with Crippen LogP contribution in [0, 0.1) is 6.92 Å². The number of hydrogen-bond acceptors (Lipinski definition) is 5. The van der Waals surface area contributed by atoms with E-state index in [1.54, 1.807) is 0 Å². The molecule has 0 aliphatic carbocycles. The number of nitrogens with zero attached hydrogens (tertiary/aromatic N) is 1. The molecule has 0 aromatic heterocycles. The van der Waals surface area contributed by atoms with E-state index in [0.717, 1.165) is 49.8 Å². The fourth-order valence-corrected chi connectivity index (χ4v) is 3.12. The molecule has 3 rings (SSSR count). The summed E-state index contributed by atoms with van der Waals surface area (Å²) in [6, 6.07) is 6.98. The maximum Gasteiger partial charge on any atom is 0.416 e. The number of benzene rings is 2. The van der Waals surface area contributed by atoms with Gasteiger partial charge < -0.3 is 20.1 Å². The van der Waals surface area contributed by atoms with Gasteiger partial charge in [-0.3, -0.25) is 9.69 Å². The smallest absolute Gasteiger partial charge is 0.416 e. The van der Waals surface area contributed by atoms with Crippen LogP contribution in [0.2, 0.25) is 0 Å². The molecule has 6 nitrogen and oxygen atoms in total. The third-order valence-corrected chi connectivity index (χ3v) is 5.06. The topological polar surface area (TPSA) is 62.8 Å². The van der Waals surface area contributed by atoms with Crippen LogP contribution >= 0.6 is 0 Å². The Balaban J connectivity index is 0.000000251. The summed E-state index contributed by atoms with van der Waals surface area (Å²) in [7, 11) is 1.25. The molecule has 0 radical (unpaired) electrons. The maximum absolute atomic E-state index is 12.3. The van der Waals surface area contributed by atoms with Gasteiger partial charge in [-0.1, -0.05) is 6.07 Å². The molecule has 1 amide bonds. The van der Waals surface area contributed by atoms with Gasteiger partial charge in [-0.05, 0) is 36.8 Å². The molecule has 12 heteroatoms. The monoisotopic (exact) mass is 507 g/mol. The normalized spacial score (nSPS) is 14.5. The van der Waals surface area contributed by atoms with Gasteiger partial charge >= 0.3 is 12.4 Å². The Labute approximate surface area is 199 Å². The SMILES string of the molecule is CNc1cc(C(F)(F)F)cc(C(F)(F)F)c1.Cc1ccc(NC=O)cc1OCCN1CCOCC1. The van der Waals surface area contributed by atoms with Crippen molar-refractivity contribution in [2.24, 2.45) is 0 Å². The molecule has 2 aromatic carbocycles. The second-order valence-corrected chi connectivity index (χ2v) is 7.59. The van der Waals surface area contributed by atoms with Crippen molar-refractivity contribution in [3.05, 3.63) is 53.1 Å². The number of ether oxygens (including phenoxy) is 2. The van der Waals surface area contributed by atoms with E-state index in [4.69, 9.17) is 9.47 Å². The minimum atomic E-state index is -4.80. The third-order valence-electron chi connectivity index (χ3n) is 5.06. The number of carbonyl (C=O) groups excluding carboxylic acids is 1. The van der Waals surface area contributed by atoms with Gasteiger partial charge in [0.25, 0.3) is 0 Å². The van der Waals surface area contributed by atoms with Crippen LogP contribution in [0.15, 0.2) is 36.4 Å². The van der Waals surface area contributed by atoms with Gasteiger partial charge in [-0.2, -0.15) is 26.3 Å². The highest BCUT2D eigenvalue weighted by molar-refractivity contribution is 5.72. The largest absolute Gasteiger partial charge is 0.492 e. The van der Waals surface area contributed by atoms with E-state index in [9.17, 15) is 31.1 Å². The van der Waals surface area contributed by atoms with Gasteiger partial charge in [0.1, 0.15) is 12.4 Å². The van der Waals surface area contributed by atoms with E-state index < -0.39 is 23.5 Å². The molecular weight excluding hydrogens is 480 g/mol. The summed E-state index contributed by atoms with van der Waals surface area (Å²) in [5.41, 5.74) is -1.07. The lowest BCUT2D eigenvalue weighted by atomic mass is 10.1. The first-order chi connectivity index (χ1) is 16.4. The summed E-state index contributed by atoms with van der Waals surface area (Å²) in [4.78, 5) is 12.7. The first-order valence-corrected chi connectivity index (χ1v) is 10.6. The van der Waals surface area contributed by atoms with E-state index in [1.807, 2.05) is 25.1 Å². The zero-order valence-corrected chi connectivity index (χ0v) is 19.2. The van der Waals surface area contributed by atoms with Crippen molar-refractivity contribution in [2.45, 2.75) is 19.3 Å². The number of amides is 1. The van der Waals surface area contributed by atoms with Gasteiger partial charge in [0.05, 0.1) is 24.3 Å². The van der Waals surface area contributed by atoms with E-state index >= 15 is 0 Å². The van der Waals surface area contributed by atoms with Gasteiger partial charge in [0.2, 0.25) is 6.41 Å². The molecule has 1 aliphatic heterocycles. The average molecular weight is 507 g/mol. The fraction of sp³-hybridized carbons (Fsp3) is 0.435. The molecule has 0 saturated carbocycles. The highest BCUT2D eigenvalue weighted by Gasteiger charge is 2.36. The standard InChI is InChI=1S/C14H20N2O3.C9H7F6N/c1-12-2-3-13(15-11-17)10-14(12)19-9-6-16-4-7-18-8-5-16;1-16-7-3-5(8(10,11)12)2-6(4-7)9(13,14)15/h2-3,10-11H,4-9H2,1H3,(H,15,17);2-4,16H,1H3. The Bertz CT molecular complexity index is 928. The van der Waals surface area contributed by atoms with Crippen molar-refractivity contribution in [2.75, 3.05) is 57.1 Å². The van der Waals surface area contributed by atoms with Crippen LogP contribution in [0.4, 0.5) is 37.7 Å². The van der Waals surface area contributed by atoms with Crippen LogP contribution in [0.1, 0.15) is 16.7 Å². The van der Waals surface area contributed by atoms with E-state index in [2.05, 4.69) is 15.5 Å². The minimum absolute atomic E-state index is 0.0842. The molecule has 1 heterocycles. The Kier molecular flexibility index (Phi) is 10.2. The van der Waals surface area contributed by atoms with Crippen LogP contribution in [0.5, 0.6) is 5.75 Å². The fourth-order valence-electron chi connectivity index (χ4n) is 3.12. The molecule has 2 N–H and O–H groups in total. The highest BCUT2D eigenvalue weighted by atomic mass is 19.4. The summed E-state index contributed by atoms with van der Waals surface area (Å²) >= 11 is 0. The lowest BCUT2D eigenvalue weighted by Gasteiger charge is -2.26. The maximum atomic E-state index is 12.3. The number of carbonyl (C=O) groups is 1. The Morgan fingerprint density at radius 1 is 0.971 bits per heavy atom. The van der Waals surface area contributed by atoms with Crippen molar-refractivity contribution in [3.63, 3.8) is 0 Å². The number of halogens is 6. The molecule has 1 fully saturated rings. The van der Waals surface area contributed by atoms with Crippen LogP contribution in [-0.2, 0) is 21.9 Å². The molecular formula is C23H27F6N3O3. The first-order valence-electron chi connectivity index (χ1n) is 10.6. The summed E-state index contributed by atoms with van der Waals surface area (Å²) in [6.45, 7) is 7.08. The van der Waals surface area contributed by atoms with E-state index in [-0.39, 0.29) is 11.8 Å². The van der Waals surface area contributed by atoms with Gasteiger partial charge in [-0.15, -0.1) is 0 Å². The number of anilines is 2. The first kappa shape index (κ1) is 28.2. The van der Waals surface area contributed by atoms with Crippen molar-refractivity contribution in [1.82, 2.24) is 4.90 Å². The minimum Gasteiger partial charge on any atom is -0.492 e. The van der Waals surface area contributed by atoms with Crippen molar-refractivity contribution in [3.8, 4) is 5.75 Å². The second-order valence-electron chi connectivity index (χ2n) is 7.59. The van der Waals surface area contributed by atoms with Crippen LogP contribution in [0.3, 0.4) is 0 Å². The Morgan fingerprint density at radius 2 is 1.57 bits per heavy atom. The van der Waals surface area contributed by atoms with Crippen LogP contribution in [0.25, 0.3) is 0 Å². The summed E-state index contributed by atoms with van der Waals surface area (Å²) < 4.78 is 84.8. The molecule has 0 atom stereocenters. The van der Waals surface area contributed by atoms with Crippen molar-refractivity contribution in [1.29, 1.82) is 0 Å². The van der Waals surface area contributed by atoms with Gasteiger partial charge in [0, 0.05) is 44.1 Å². The molecule has 1 aliphatic rings. The highest BCUT2D eigenvalue weighted by Crippen LogP contribution is 2.37. The summed E-state index contributed by atoms with van der Waals surface area (Å²) in [5, 5.41) is 4.88. The van der Waals surface area contributed by atoms with E-state index in [0.29, 0.717) is 25.1 Å². The van der Waals surface area contributed by atoms with Gasteiger partial charge in [0.15, 0.2) is 0 Å². The number of rotatable bonds is 7.